The van der Waals surface area contributed by atoms with Gasteiger partial charge in [0.1, 0.15) is 12.4 Å². The van der Waals surface area contributed by atoms with Crippen LogP contribution >= 0.6 is 23.5 Å². The van der Waals surface area contributed by atoms with Crippen LogP contribution in [0.1, 0.15) is 6.23 Å². The maximum Gasteiger partial charge on any atom is 0.490 e. The Kier molecular flexibility index (Phi) is 7.27. The van der Waals surface area contributed by atoms with Crippen LogP contribution in [0.2, 0.25) is 0 Å². The van der Waals surface area contributed by atoms with E-state index in [1.54, 1.807) is 0 Å². The summed E-state index contributed by atoms with van der Waals surface area (Å²) in [6.45, 7) is -0.836. The van der Waals surface area contributed by atoms with Crippen molar-refractivity contribution < 1.29 is 55.7 Å². The van der Waals surface area contributed by atoms with E-state index in [2.05, 4.69) is 18.1 Å². The van der Waals surface area contributed by atoms with Crippen molar-refractivity contribution in [1.29, 1.82) is 0 Å². The Morgan fingerprint density at radius 1 is 1.25 bits per heavy atom. The first-order valence-electron chi connectivity index (χ1n) is 6.85. The van der Waals surface area contributed by atoms with Crippen molar-refractivity contribution in [3.05, 3.63) is 22.7 Å². The summed E-state index contributed by atoms with van der Waals surface area (Å²) < 4.78 is 61.2. The zero-order valence-electron chi connectivity index (χ0n) is 13.4. The molecule has 1 aliphatic rings. The lowest BCUT2D eigenvalue weighted by molar-refractivity contribution is -0.00775. The summed E-state index contributed by atoms with van der Waals surface area (Å²) in [6.07, 6.45) is 0.264. The van der Waals surface area contributed by atoms with Gasteiger partial charge in [0, 0.05) is 6.20 Å². The number of ether oxygens (including phenoxy) is 1. The van der Waals surface area contributed by atoms with Crippen molar-refractivity contribution in [2.45, 2.75) is 11.7 Å². The van der Waals surface area contributed by atoms with Crippen molar-refractivity contribution in [1.82, 2.24) is 9.55 Å². The van der Waals surface area contributed by atoms with Gasteiger partial charge in [0.2, 0.25) is 0 Å². The van der Waals surface area contributed by atoms with Crippen LogP contribution in [0.3, 0.4) is 0 Å². The van der Waals surface area contributed by atoms with Gasteiger partial charge in [0.05, 0.1) is 0 Å². The van der Waals surface area contributed by atoms with Gasteiger partial charge in [-0.25, -0.2) is 18.5 Å². The maximum atomic E-state index is 11.8. The molecule has 0 bridgehead atoms. The molecule has 1 aliphatic heterocycles. The summed E-state index contributed by atoms with van der Waals surface area (Å²) in [6, 6.07) is 1.31. The zero-order valence-corrected chi connectivity index (χ0v) is 16.9. The molecule has 1 fully saturated rings. The van der Waals surface area contributed by atoms with Crippen LogP contribution in [0.25, 0.3) is 0 Å². The number of rotatable bonds is 8. The smallest absolute Gasteiger partial charge is 0.383 e. The first kappa shape index (κ1) is 23.6. The van der Waals surface area contributed by atoms with Crippen LogP contribution in [0.5, 0.6) is 0 Å². The normalized spacial score (nSPS) is 27.2. The lowest BCUT2D eigenvalue weighted by atomic mass is 10.5. The molecular weight excluding hydrogens is 471 g/mol. The highest BCUT2D eigenvalue weighted by atomic mass is 32.2. The topological polar surface area (TPSA) is 250 Å². The first-order valence-corrected chi connectivity index (χ1v) is 12.8. The second kappa shape index (κ2) is 8.62. The minimum Gasteiger partial charge on any atom is -0.383 e. The number of hydrogen-bond acceptors (Lipinski definition) is 11. The lowest BCUT2D eigenvalue weighted by Gasteiger charge is -2.16. The van der Waals surface area contributed by atoms with Crippen molar-refractivity contribution >= 4 is 40.5 Å². The average Bonchev–Trinajstić information content (AvgIpc) is 2.82. The molecule has 2 rings (SSSR count). The fraction of sp³-hybridized carbons (Fsp3) is 0.500. The molecule has 0 amide bonds. The Morgan fingerprint density at radius 2 is 1.89 bits per heavy atom. The second-order valence-corrected chi connectivity index (χ2v) is 11.1. The predicted octanol–water partition coefficient (Wildman–Crippen LogP) is -0.885. The van der Waals surface area contributed by atoms with Gasteiger partial charge in [0.25, 0.3) is 5.44 Å². The van der Waals surface area contributed by atoms with Crippen LogP contribution in [0.15, 0.2) is 17.1 Å². The number of hydrogen-bond donors (Lipinski definition) is 6. The van der Waals surface area contributed by atoms with Crippen LogP contribution in [-0.2, 0) is 42.8 Å². The van der Waals surface area contributed by atoms with E-state index < -0.39 is 58.6 Å². The molecule has 160 valence electrons. The van der Waals surface area contributed by atoms with Crippen molar-refractivity contribution in [3.8, 4) is 0 Å². The lowest BCUT2D eigenvalue weighted by Crippen LogP contribution is -2.28. The standard InChI is InChI=1S/C8H14N3O13P3S/c9-5-1-2-11(8(12)10-5)6-4-28(20)7(22-6)3-21-26(16,17)24-27(18,19)23-25(13,14)15/h1-2,6-7,20H,3-4H2,(H5-,9,10,12,13,14,15,16,17,18,19)/p+1/t6-,7+,28?/m1/s1. The van der Waals surface area contributed by atoms with Crippen molar-refractivity contribution in [2.24, 2.45) is 0 Å². The zero-order chi connectivity index (χ0) is 21.3. The molecule has 3 unspecified atom stereocenters. The van der Waals surface area contributed by atoms with E-state index in [0.29, 0.717) is 0 Å². The first-order chi connectivity index (χ1) is 12.7. The van der Waals surface area contributed by atoms with Gasteiger partial charge < -0.3 is 25.3 Å². The van der Waals surface area contributed by atoms with Gasteiger partial charge in [-0.05, 0) is 6.07 Å². The molecule has 2 heterocycles. The number of phosphoric acid groups is 3. The van der Waals surface area contributed by atoms with E-state index in [-0.39, 0.29) is 11.6 Å². The Morgan fingerprint density at radius 3 is 2.46 bits per heavy atom. The molecule has 1 aromatic heterocycles. The minimum atomic E-state index is -5.65. The number of aromatic nitrogens is 2. The highest BCUT2D eigenvalue weighted by Crippen LogP contribution is 2.66. The fourth-order valence-electron chi connectivity index (χ4n) is 1.90. The summed E-state index contributed by atoms with van der Waals surface area (Å²) in [7, 11) is -16.5. The third kappa shape index (κ3) is 7.00. The summed E-state index contributed by atoms with van der Waals surface area (Å²) >= 11 is -1.57. The van der Waals surface area contributed by atoms with Crippen LogP contribution in [-0.4, -0.2) is 51.5 Å². The van der Waals surface area contributed by atoms with E-state index in [4.69, 9.17) is 25.2 Å². The second-order valence-electron chi connectivity index (χ2n) is 5.02. The highest BCUT2D eigenvalue weighted by Gasteiger charge is 2.48. The van der Waals surface area contributed by atoms with Gasteiger partial charge in [-0.15, -0.1) is 0 Å². The summed E-state index contributed by atoms with van der Waals surface area (Å²) in [5.74, 6) is -0.137. The van der Waals surface area contributed by atoms with Crippen LogP contribution in [0.4, 0.5) is 5.82 Å². The van der Waals surface area contributed by atoms with Crippen LogP contribution in [0, 0.1) is 0 Å². The molecule has 0 spiro atoms. The molecule has 0 aromatic carbocycles. The Labute approximate surface area is 158 Å². The minimum absolute atomic E-state index is 0.0357. The van der Waals surface area contributed by atoms with E-state index in [1.807, 2.05) is 0 Å². The van der Waals surface area contributed by atoms with Gasteiger partial charge in [-0.1, -0.05) is 0 Å². The summed E-state index contributed by atoms with van der Waals surface area (Å²) in [5, 5.41) is 0. The highest BCUT2D eigenvalue weighted by molar-refractivity contribution is 7.92. The number of anilines is 1. The largest absolute Gasteiger partial charge is 0.490 e. The number of nitrogens with zero attached hydrogens (tertiary/aromatic N) is 2. The van der Waals surface area contributed by atoms with Crippen molar-refractivity contribution in [2.75, 3.05) is 18.1 Å². The van der Waals surface area contributed by atoms with Gasteiger partial charge >= 0.3 is 29.2 Å². The van der Waals surface area contributed by atoms with Crippen LogP contribution < -0.4 is 11.4 Å². The summed E-state index contributed by atoms with van der Waals surface area (Å²) in [5.41, 5.74) is 3.35. The fourth-order valence-corrected chi connectivity index (χ4v) is 6.25. The molecule has 16 nitrogen and oxygen atoms in total. The molecular formula is C8H15N3O13P3S+. The molecule has 20 heteroatoms. The third-order valence-electron chi connectivity index (χ3n) is 2.88. The van der Waals surface area contributed by atoms with Crippen molar-refractivity contribution in [3.63, 3.8) is 0 Å². The molecule has 1 saturated heterocycles. The molecule has 0 saturated carbocycles. The molecule has 7 N–H and O–H groups in total. The van der Waals surface area contributed by atoms with Gasteiger partial charge in [-0.2, -0.15) is 18.2 Å². The van der Waals surface area contributed by atoms with E-state index in [9.17, 15) is 27.9 Å². The molecule has 28 heavy (non-hydrogen) atoms. The Hall–Kier alpha value is -0.640. The monoisotopic (exact) mass is 486 g/mol. The SMILES string of the molecule is Nc1ccn([C@H]2C[S+](O)[C@@H](COP(=O)(O)OP(=O)(O)OP(=O)(O)O)O2)c(=O)n1. The van der Waals surface area contributed by atoms with E-state index >= 15 is 0 Å². The molecule has 5 atom stereocenters. The number of nitrogen functional groups attached to an aromatic ring is 1. The van der Waals surface area contributed by atoms with Gasteiger partial charge in [-0.3, -0.25) is 13.8 Å². The number of phosphoric ester groups is 1. The summed E-state index contributed by atoms with van der Waals surface area (Å²) in [4.78, 5) is 50.5. The molecule has 0 radical (unpaired) electrons. The maximum absolute atomic E-state index is 11.8. The van der Waals surface area contributed by atoms with E-state index in [0.717, 1.165) is 4.57 Å². The Bertz CT molecular complexity index is 919. The van der Waals surface area contributed by atoms with Gasteiger partial charge in [0.15, 0.2) is 23.2 Å². The van der Waals surface area contributed by atoms with E-state index in [1.165, 1.54) is 12.3 Å². The average molecular weight is 486 g/mol. The third-order valence-corrected chi connectivity index (χ3v) is 8.16. The number of nitrogens with two attached hydrogens (primary N) is 1. The Balaban J connectivity index is 1.98. The quantitative estimate of drug-likeness (QED) is 0.193. The predicted molar refractivity (Wildman–Crippen MR) is 91.5 cm³/mol. The molecule has 0 aliphatic carbocycles. The molecule has 1 aromatic rings.